The molecule has 0 saturated carbocycles. The number of terminal acetylenes is 1. The molecule has 2 nitrogen and oxygen atoms in total. The van der Waals surface area contributed by atoms with Crippen molar-refractivity contribution in [2.24, 2.45) is 0 Å². The topological polar surface area (TPSA) is 18.5 Å². The Kier molecular flexibility index (Phi) is 21.2. The first-order valence-electron chi connectivity index (χ1n) is 2.94. The van der Waals surface area contributed by atoms with Crippen molar-refractivity contribution in [3.05, 3.63) is 6.29 Å². The molecule has 0 atom stereocenters. The zero-order chi connectivity index (χ0) is 7.11. The summed E-state index contributed by atoms with van der Waals surface area (Å²) in [5.41, 5.74) is 0. The van der Waals surface area contributed by atoms with Gasteiger partial charge in [0.05, 0.1) is 6.29 Å². The van der Waals surface area contributed by atoms with Crippen molar-refractivity contribution in [2.75, 3.05) is 13.2 Å². The molecular weight excluding hydrogens is 220 g/mol. The Bertz CT molecular complexity index is 97.1. The molecule has 0 spiro atoms. The Hall–Kier alpha value is 0.596. The van der Waals surface area contributed by atoms with Crippen LogP contribution in [-0.4, -0.2) is 36.3 Å². The Morgan fingerprint density at radius 3 is 1.82 bits per heavy atom. The molecule has 0 bridgehead atoms. The van der Waals surface area contributed by atoms with Crippen molar-refractivity contribution >= 4 is 23.1 Å². The quantitative estimate of drug-likeness (QED) is 0.311. The first-order chi connectivity index (χ1) is 4.35. The van der Waals surface area contributed by atoms with Gasteiger partial charge >= 0.3 is 23.1 Å². The van der Waals surface area contributed by atoms with Crippen LogP contribution in [0.1, 0.15) is 13.8 Å². The van der Waals surface area contributed by atoms with E-state index in [0.29, 0.717) is 13.2 Å². The summed E-state index contributed by atoms with van der Waals surface area (Å²) in [6, 6.07) is 0. The van der Waals surface area contributed by atoms with Gasteiger partial charge in [-0.15, -0.1) is 0 Å². The van der Waals surface area contributed by atoms with Crippen molar-refractivity contribution in [3.8, 4) is 12.3 Å². The molecule has 0 aromatic rings. The van der Waals surface area contributed by atoms with Gasteiger partial charge in [-0.25, -0.2) is 5.92 Å². The molecule has 0 amide bonds. The van der Waals surface area contributed by atoms with Crippen LogP contribution >= 0.6 is 0 Å². The number of halogens is 1. The van der Waals surface area contributed by atoms with Gasteiger partial charge in [-0.05, 0) is 13.8 Å². The average molecular weight is 231 g/mol. The summed E-state index contributed by atoms with van der Waals surface area (Å²) in [4.78, 5) is 0. The fourth-order valence-electron chi connectivity index (χ4n) is 0.387. The SMILES string of the molecule is C#C[C-](OCC)OCC.[Br-].[Mg+2]. The van der Waals surface area contributed by atoms with Crippen molar-refractivity contribution in [2.45, 2.75) is 13.8 Å². The Morgan fingerprint density at radius 2 is 1.64 bits per heavy atom. The van der Waals surface area contributed by atoms with E-state index in [2.05, 4.69) is 5.92 Å². The second kappa shape index (κ2) is 13.2. The summed E-state index contributed by atoms with van der Waals surface area (Å²) in [7, 11) is 0. The molecule has 0 heterocycles. The molecule has 0 saturated heterocycles. The summed E-state index contributed by atoms with van der Waals surface area (Å²) in [5.74, 6) is 2.28. The number of rotatable bonds is 4. The van der Waals surface area contributed by atoms with E-state index in [1.807, 2.05) is 13.8 Å². The Labute approximate surface area is 94.9 Å². The van der Waals surface area contributed by atoms with Crippen molar-refractivity contribution in [3.63, 3.8) is 0 Å². The normalized spacial score (nSPS) is 7.00. The Balaban J connectivity index is -0.000000320. The standard InChI is InChI=1S/C7H11O2.BrH.Mg/c1-4-7(8-5-2)9-6-3;;/h1H,5-6H2,2-3H3;1H;/q-1;;+2/p-1. The third-order valence-corrected chi connectivity index (χ3v) is 0.669. The molecule has 60 valence electrons. The molecule has 0 unspecified atom stereocenters. The third kappa shape index (κ3) is 10.6. The van der Waals surface area contributed by atoms with Crippen LogP contribution in [0.5, 0.6) is 0 Å². The summed E-state index contributed by atoms with van der Waals surface area (Å²) in [6.07, 6.45) is 5.29. The van der Waals surface area contributed by atoms with E-state index in [9.17, 15) is 0 Å². The van der Waals surface area contributed by atoms with Gasteiger partial charge in [0.1, 0.15) is 0 Å². The van der Waals surface area contributed by atoms with E-state index in [0.717, 1.165) is 0 Å². The van der Waals surface area contributed by atoms with E-state index in [4.69, 9.17) is 15.9 Å². The van der Waals surface area contributed by atoms with Crippen LogP contribution in [0.3, 0.4) is 0 Å². The molecule has 0 aromatic carbocycles. The molecule has 0 aliphatic carbocycles. The van der Waals surface area contributed by atoms with Gasteiger partial charge in [-0.3, -0.25) is 0 Å². The first kappa shape index (κ1) is 17.6. The summed E-state index contributed by atoms with van der Waals surface area (Å²) in [6.45, 7) is 4.83. The Morgan fingerprint density at radius 1 is 1.27 bits per heavy atom. The van der Waals surface area contributed by atoms with Crippen molar-refractivity contribution in [1.29, 1.82) is 0 Å². The first-order valence-corrected chi connectivity index (χ1v) is 2.94. The van der Waals surface area contributed by atoms with Crippen LogP contribution in [0.15, 0.2) is 0 Å². The van der Waals surface area contributed by atoms with Crippen LogP contribution in [0, 0.1) is 18.6 Å². The third-order valence-electron chi connectivity index (χ3n) is 0.669. The van der Waals surface area contributed by atoms with Gasteiger partial charge in [0.2, 0.25) is 0 Å². The van der Waals surface area contributed by atoms with Crippen LogP contribution in [0.25, 0.3) is 0 Å². The van der Waals surface area contributed by atoms with Gasteiger partial charge in [-0.2, -0.15) is 0 Å². The van der Waals surface area contributed by atoms with Crippen LogP contribution in [0.2, 0.25) is 0 Å². The molecular formula is C7H11BrMgO2. The molecule has 0 aromatic heterocycles. The molecule has 0 N–H and O–H groups in total. The van der Waals surface area contributed by atoms with E-state index in [1.54, 1.807) is 0 Å². The van der Waals surface area contributed by atoms with Gasteiger partial charge in [0.25, 0.3) is 0 Å². The maximum absolute atomic E-state index is 5.01. The van der Waals surface area contributed by atoms with Gasteiger partial charge in [0, 0.05) is 13.2 Å². The number of ether oxygens (including phenoxy) is 2. The fraction of sp³-hybridized carbons (Fsp3) is 0.571. The zero-order valence-electron chi connectivity index (χ0n) is 6.89. The minimum absolute atomic E-state index is 0. The fourth-order valence-corrected chi connectivity index (χ4v) is 0.387. The molecule has 0 aliphatic rings. The van der Waals surface area contributed by atoms with Crippen molar-refractivity contribution < 1.29 is 26.5 Å². The molecule has 0 rings (SSSR count). The minimum atomic E-state index is 0. The van der Waals surface area contributed by atoms with E-state index in [-0.39, 0.29) is 46.3 Å². The van der Waals surface area contributed by atoms with Gasteiger partial charge in [-0.1, -0.05) is 0 Å². The maximum atomic E-state index is 5.01. The number of hydrogen-bond acceptors (Lipinski definition) is 2. The van der Waals surface area contributed by atoms with Crippen LogP contribution in [0.4, 0.5) is 0 Å². The predicted molar refractivity (Wildman–Crippen MR) is 41.1 cm³/mol. The monoisotopic (exact) mass is 230 g/mol. The number of hydrogen-bond donors (Lipinski definition) is 0. The summed E-state index contributed by atoms with van der Waals surface area (Å²) in [5, 5.41) is 0. The van der Waals surface area contributed by atoms with Gasteiger partial charge < -0.3 is 32.9 Å². The van der Waals surface area contributed by atoms with E-state index in [1.165, 1.54) is 0 Å². The summed E-state index contributed by atoms with van der Waals surface area (Å²) < 4.78 is 9.78. The largest absolute Gasteiger partial charge is 2.00 e. The predicted octanol–water partition coefficient (Wildman–Crippen LogP) is -2.19. The maximum Gasteiger partial charge on any atom is 2.00 e. The second-order valence-electron chi connectivity index (χ2n) is 1.30. The van der Waals surface area contributed by atoms with Crippen LogP contribution in [-0.2, 0) is 9.47 Å². The van der Waals surface area contributed by atoms with E-state index < -0.39 is 0 Å². The molecule has 0 fully saturated rings. The van der Waals surface area contributed by atoms with Crippen molar-refractivity contribution in [1.82, 2.24) is 0 Å². The smallest absolute Gasteiger partial charge is 1.00 e. The molecule has 4 heteroatoms. The minimum Gasteiger partial charge on any atom is -1.00 e. The van der Waals surface area contributed by atoms with E-state index >= 15 is 0 Å². The van der Waals surface area contributed by atoms with Crippen LogP contribution < -0.4 is 17.0 Å². The second-order valence-corrected chi connectivity index (χ2v) is 1.30. The molecule has 0 radical (unpaired) electrons. The summed E-state index contributed by atoms with van der Waals surface area (Å²) >= 11 is 0. The van der Waals surface area contributed by atoms with Gasteiger partial charge in [0.15, 0.2) is 0 Å². The molecule has 11 heavy (non-hydrogen) atoms. The average Bonchev–Trinajstić information content (AvgIpc) is 1.88. The zero-order valence-corrected chi connectivity index (χ0v) is 9.89. The molecule has 0 aliphatic heterocycles.